The number of fused-ring (bicyclic) bond motifs is 1. The van der Waals surface area contributed by atoms with Crippen LogP contribution in [0.2, 0.25) is 5.02 Å². The summed E-state index contributed by atoms with van der Waals surface area (Å²) in [6, 6.07) is 16.4. The molecule has 1 atom stereocenters. The Morgan fingerprint density at radius 2 is 1.82 bits per heavy atom. The SMILES string of the molecule is CCSc1ccc(C(CN)NC(=O)c2ccc3c(CC)c(Cc4ccc(Cl)cc4C(F)(F)F)oc3c2)cc1. The van der Waals surface area contributed by atoms with E-state index in [0.717, 1.165) is 33.2 Å². The highest BCUT2D eigenvalue weighted by molar-refractivity contribution is 7.99. The number of nitrogens with two attached hydrogens (primary N) is 1. The molecule has 200 valence electrons. The zero-order chi connectivity index (χ0) is 27.4. The van der Waals surface area contributed by atoms with E-state index in [4.69, 9.17) is 21.8 Å². The first-order valence-electron chi connectivity index (χ1n) is 12.3. The molecule has 0 saturated heterocycles. The highest BCUT2D eigenvalue weighted by Crippen LogP contribution is 2.36. The predicted molar refractivity (Wildman–Crippen MR) is 147 cm³/mol. The van der Waals surface area contributed by atoms with Crippen molar-refractivity contribution in [2.24, 2.45) is 5.73 Å². The van der Waals surface area contributed by atoms with Crippen LogP contribution in [0.3, 0.4) is 0 Å². The van der Waals surface area contributed by atoms with Gasteiger partial charge in [-0.05, 0) is 59.7 Å². The maximum Gasteiger partial charge on any atom is 0.416 e. The molecular formula is C29H28ClF3N2O2S. The van der Waals surface area contributed by atoms with Crippen LogP contribution in [0, 0.1) is 0 Å². The number of thioether (sulfide) groups is 1. The molecule has 0 radical (unpaired) electrons. The highest BCUT2D eigenvalue weighted by Gasteiger charge is 2.34. The van der Waals surface area contributed by atoms with E-state index in [1.54, 1.807) is 30.0 Å². The van der Waals surface area contributed by atoms with Crippen LogP contribution in [0.5, 0.6) is 0 Å². The lowest BCUT2D eigenvalue weighted by molar-refractivity contribution is -0.138. The van der Waals surface area contributed by atoms with Crippen LogP contribution in [0.25, 0.3) is 11.0 Å². The first-order valence-corrected chi connectivity index (χ1v) is 13.6. The van der Waals surface area contributed by atoms with Gasteiger partial charge in [-0.15, -0.1) is 11.8 Å². The number of halogens is 4. The number of nitrogens with one attached hydrogen (secondary N) is 1. The molecule has 38 heavy (non-hydrogen) atoms. The average Bonchev–Trinajstić information content (AvgIpc) is 3.24. The number of alkyl halides is 3. The fraction of sp³-hybridized carbons (Fsp3) is 0.276. The Morgan fingerprint density at radius 1 is 1.08 bits per heavy atom. The highest BCUT2D eigenvalue weighted by atomic mass is 35.5. The molecule has 3 aromatic carbocycles. The van der Waals surface area contributed by atoms with E-state index in [2.05, 4.69) is 12.2 Å². The summed E-state index contributed by atoms with van der Waals surface area (Å²) in [5, 5.41) is 3.75. The van der Waals surface area contributed by atoms with Gasteiger partial charge < -0.3 is 15.5 Å². The summed E-state index contributed by atoms with van der Waals surface area (Å²) in [4.78, 5) is 14.2. The van der Waals surface area contributed by atoms with Gasteiger partial charge in [0.05, 0.1) is 11.6 Å². The molecule has 0 bridgehead atoms. The molecule has 0 aliphatic heterocycles. The second-order valence-electron chi connectivity index (χ2n) is 8.81. The zero-order valence-electron chi connectivity index (χ0n) is 21.0. The Hall–Kier alpha value is -2.94. The maximum atomic E-state index is 13.6. The van der Waals surface area contributed by atoms with Crippen molar-refractivity contribution in [1.29, 1.82) is 0 Å². The standard InChI is InChI=1S/C29H28ClF3N2O2S/c1-3-22-23-12-8-19(28(36)35-25(16-34)17-6-10-21(11-7-17)38-4-2)14-27(23)37-26(22)13-18-5-9-20(30)15-24(18)29(31,32)33/h5-12,14-15,25H,3-4,13,16,34H2,1-2H3,(H,35,36). The van der Waals surface area contributed by atoms with Crippen LogP contribution in [0.15, 0.2) is 70.0 Å². The molecule has 1 amide bonds. The van der Waals surface area contributed by atoms with Gasteiger partial charge in [0.2, 0.25) is 0 Å². The monoisotopic (exact) mass is 560 g/mol. The lowest BCUT2D eigenvalue weighted by Crippen LogP contribution is -2.33. The van der Waals surface area contributed by atoms with Crippen molar-refractivity contribution in [2.45, 2.75) is 43.8 Å². The lowest BCUT2D eigenvalue weighted by atomic mass is 9.99. The molecule has 0 saturated carbocycles. The summed E-state index contributed by atoms with van der Waals surface area (Å²) in [5.41, 5.74) is 7.76. The smallest absolute Gasteiger partial charge is 0.416 e. The van der Waals surface area contributed by atoms with Gasteiger partial charge in [-0.1, -0.05) is 49.7 Å². The Bertz CT molecular complexity index is 1430. The number of furan rings is 1. The van der Waals surface area contributed by atoms with Crippen LogP contribution < -0.4 is 11.1 Å². The minimum absolute atomic E-state index is 0.0172. The molecular weight excluding hydrogens is 533 g/mol. The predicted octanol–water partition coefficient (Wildman–Crippen LogP) is 7.80. The van der Waals surface area contributed by atoms with E-state index >= 15 is 0 Å². The van der Waals surface area contributed by atoms with Gasteiger partial charge in [0, 0.05) is 39.4 Å². The van der Waals surface area contributed by atoms with Crippen LogP contribution in [0.1, 0.15) is 58.3 Å². The molecule has 0 spiro atoms. The Balaban J connectivity index is 1.60. The third-order valence-corrected chi connectivity index (χ3v) is 7.48. The molecule has 4 rings (SSSR count). The van der Waals surface area contributed by atoms with Crippen molar-refractivity contribution >= 4 is 40.2 Å². The van der Waals surface area contributed by atoms with Gasteiger partial charge in [0.1, 0.15) is 11.3 Å². The van der Waals surface area contributed by atoms with Crippen molar-refractivity contribution < 1.29 is 22.4 Å². The molecule has 3 N–H and O–H groups in total. The van der Waals surface area contributed by atoms with Crippen molar-refractivity contribution in [2.75, 3.05) is 12.3 Å². The van der Waals surface area contributed by atoms with Crippen molar-refractivity contribution in [3.05, 3.63) is 99.3 Å². The molecule has 1 unspecified atom stereocenters. The Kier molecular flexibility index (Phi) is 8.75. The Labute approximate surface area is 228 Å². The Morgan fingerprint density at radius 3 is 2.45 bits per heavy atom. The number of amides is 1. The third kappa shape index (κ3) is 6.20. The number of hydrogen-bond acceptors (Lipinski definition) is 4. The molecule has 0 fully saturated rings. The van der Waals surface area contributed by atoms with Crippen LogP contribution in [-0.4, -0.2) is 18.2 Å². The number of hydrogen-bond donors (Lipinski definition) is 2. The molecule has 4 nitrogen and oxygen atoms in total. The van der Waals surface area contributed by atoms with E-state index in [1.165, 1.54) is 12.1 Å². The van der Waals surface area contributed by atoms with Gasteiger partial charge in [-0.3, -0.25) is 4.79 Å². The lowest BCUT2D eigenvalue weighted by Gasteiger charge is -2.18. The van der Waals surface area contributed by atoms with Crippen molar-refractivity contribution in [1.82, 2.24) is 5.32 Å². The van der Waals surface area contributed by atoms with E-state index < -0.39 is 11.7 Å². The molecule has 0 aliphatic rings. The number of benzene rings is 3. The second-order valence-corrected chi connectivity index (χ2v) is 10.6. The second kappa shape index (κ2) is 11.8. The minimum atomic E-state index is -4.54. The maximum absolute atomic E-state index is 13.6. The van der Waals surface area contributed by atoms with Crippen molar-refractivity contribution in [3.63, 3.8) is 0 Å². The normalized spacial score (nSPS) is 12.6. The fourth-order valence-corrected chi connectivity index (χ4v) is 5.33. The summed E-state index contributed by atoms with van der Waals surface area (Å²) < 4.78 is 46.9. The molecule has 4 aromatic rings. The van der Waals surface area contributed by atoms with Crippen LogP contribution >= 0.6 is 23.4 Å². The first kappa shape index (κ1) is 28.1. The largest absolute Gasteiger partial charge is 0.460 e. The van der Waals surface area contributed by atoms with Gasteiger partial charge in [0.15, 0.2) is 0 Å². The van der Waals surface area contributed by atoms with Gasteiger partial charge in [-0.2, -0.15) is 13.2 Å². The van der Waals surface area contributed by atoms with Gasteiger partial charge in [-0.25, -0.2) is 0 Å². The van der Waals surface area contributed by atoms with E-state index in [-0.39, 0.29) is 35.5 Å². The van der Waals surface area contributed by atoms with Gasteiger partial charge in [0.25, 0.3) is 5.91 Å². The zero-order valence-corrected chi connectivity index (χ0v) is 22.6. The number of carbonyl (C=O) groups excluding carboxylic acids is 1. The summed E-state index contributed by atoms with van der Waals surface area (Å²) in [5.74, 6) is 1.08. The van der Waals surface area contributed by atoms with E-state index in [9.17, 15) is 18.0 Å². The molecule has 1 aromatic heterocycles. The fourth-order valence-electron chi connectivity index (χ4n) is 4.49. The first-order chi connectivity index (χ1) is 18.1. The number of aryl methyl sites for hydroxylation is 1. The van der Waals surface area contributed by atoms with E-state index in [0.29, 0.717) is 23.3 Å². The molecule has 1 heterocycles. The molecule has 9 heteroatoms. The molecule has 0 aliphatic carbocycles. The number of carbonyl (C=O) groups is 1. The summed E-state index contributed by atoms with van der Waals surface area (Å²) in [7, 11) is 0. The van der Waals surface area contributed by atoms with Crippen molar-refractivity contribution in [3.8, 4) is 0 Å². The van der Waals surface area contributed by atoms with Crippen LogP contribution in [0.4, 0.5) is 13.2 Å². The summed E-state index contributed by atoms with van der Waals surface area (Å²) in [6.07, 6.45) is -4.03. The summed E-state index contributed by atoms with van der Waals surface area (Å²) >= 11 is 7.56. The van der Waals surface area contributed by atoms with E-state index in [1.807, 2.05) is 31.2 Å². The van der Waals surface area contributed by atoms with Crippen LogP contribution in [-0.2, 0) is 19.0 Å². The average molecular weight is 561 g/mol. The third-order valence-electron chi connectivity index (χ3n) is 6.36. The quantitative estimate of drug-likeness (QED) is 0.205. The topological polar surface area (TPSA) is 68.3 Å². The van der Waals surface area contributed by atoms with Gasteiger partial charge >= 0.3 is 6.18 Å². The number of rotatable bonds is 9. The minimum Gasteiger partial charge on any atom is -0.460 e. The summed E-state index contributed by atoms with van der Waals surface area (Å²) in [6.45, 7) is 4.22.